The van der Waals surface area contributed by atoms with Gasteiger partial charge in [-0.05, 0) is 72.7 Å². The number of aromatic nitrogens is 4. The average molecular weight is 529 g/mol. The van der Waals surface area contributed by atoms with Crippen molar-refractivity contribution in [2.75, 3.05) is 5.32 Å². The minimum absolute atomic E-state index is 0.371. The minimum Gasteiger partial charge on any atom is -0.334 e. The number of fused-ring (bicyclic) bond motifs is 1. The zero-order chi connectivity index (χ0) is 22.4. The van der Waals surface area contributed by atoms with Crippen molar-refractivity contribution in [3.05, 3.63) is 63.5 Å². The lowest BCUT2D eigenvalue weighted by atomic mass is 9.96. The molecule has 0 saturated carbocycles. The van der Waals surface area contributed by atoms with Crippen molar-refractivity contribution >= 4 is 45.2 Å². The molecule has 2 N–H and O–H groups in total. The molecule has 0 radical (unpaired) electrons. The Morgan fingerprint density at radius 1 is 1.23 bits per heavy atom. The number of amides is 1. The van der Waals surface area contributed by atoms with E-state index < -0.39 is 5.82 Å². The van der Waals surface area contributed by atoms with Crippen LogP contribution in [-0.2, 0) is 11.8 Å². The van der Waals surface area contributed by atoms with Gasteiger partial charge in [-0.2, -0.15) is 5.10 Å². The number of rotatable bonds is 4. The van der Waals surface area contributed by atoms with Crippen LogP contribution in [0.2, 0.25) is 0 Å². The van der Waals surface area contributed by atoms with Crippen molar-refractivity contribution < 1.29 is 9.18 Å². The highest BCUT2D eigenvalue weighted by atomic mass is 127. The van der Waals surface area contributed by atoms with Crippen molar-refractivity contribution in [1.82, 2.24) is 19.7 Å². The standard InChI is InChI=1S/C23H21FIN5O/c1-6-19(31)28-18-8-14(7-17(24)12(18)3)21-20-11(2)15(9-26-23(20)29-22(21)25)16-10-27-30(5)13(16)4/h6-10H,1H2,2-5H3,(H,26,29)(H,28,31). The predicted octanol–water partition coefficient (Wildman–Crippen LogP) is 5.42. The van der Waals surface area contributed by atoms with E-state index in [9.17, 15) is 9.18 Å². The Kier molecular flexibility index (Phi) is 5.42. The monoisotopic (exact) mass is 529 g/mol. The number of carbonyl (C=O) groups is 1. The van der Waals surface area contributed by atoms with Crippen molar-refractivity contribution in [2.45, 2.75) is 20.8 Å². The van der Waals surface area contributed by atoms with Gasteiger partial charge in [-0.15, -0.1) is 0 Å². The van der Waals surface area contributed by atoms with Gasteiger partial charge in [0.15, 0.2) is 0 Å². The molecule has 0 aliphatic rings. The van der Waals surface area contributed by atoms with Gasteiger partial charge in [0.1, 0.15) is 11.5 Å². The number of halogens is 2. The van der Waals surface area contributed by atoms with Gasteiger partial charge in [-0.1, -0.05) is 6.58 Å². The van der Waals surface area contributed by atoms with Crippen LogP contribution in [0.3, 0.4) is 0 Å². The van der Waals surface area contributed by atoms with Crippen molar-refractivity contribution in [1.29, 1.82) is 0 Å². The Bertz CT molecular complexity index is 1370. The van der Waals surface area contributed by atoms with Crippen LogP contribution in [-0.4, -0.2) is 25.7 Å². The Balaban J connectivity index is 1.97. The third-order valence-electron chi connectivity index (χ3n) is 5.64. The second kappa shape index (κ2) is 7.92. The largest absolute Gasteiger partial charge is 0.334 e. The molecule has 0 unspecified atom stereocenters. The number of aromatic amines is 1. The normalized spacial score (nSPS) is 11.2. The number of carbonyl (C=O) groups excluding carboxylic acids is 1. The third kappa shape index (κ3) is 3.54. The molecule has 31 heavy (non-hydrogen) atoms. The lowest BCUT2D eigenvalue weighted by Gasteiger charge is -2.12. The Hall–Kier alpha value is -3.01. The van der Waals surface area contributed by atoms with E-state index in [2.05, 4.69) is 49.6 Å². The SMILES string of the molecule is C=CC(=O)Nc1cc(-c2c(I)[nH]c3ncc(-c4cnn(C)c4C)c(C)c23)cc(F)c1C. The molecular formula is C23H21FIN5O. The lowest BCUT2D eigenvalue weighted by molar-refractivity contribution is -0.111. The number of anilines is 1. The van der Waals surface area contributed by atoms with Crippen molar-refractivity contribution in [3.63, 3.8) is 0 Å². The van der Waals surface area contributed by atoms with Crippen LogP contribution in [0.1, 0.15) is 16.8 Å². The molecule has 3 heterocycles. The first-order valence-corrected chi connectivity index (χ1v) is 10.7. The van der Waals surface area contributed by atoms with Gasteiger partial charge in [0.2, 0.25) is 5.91 Å². The molecule has 4 rings (SSSR count). The molecule has 0 atom stereocenters. The summed E-state index contributed by atoms with van der Waals surface area (Å²) in [7, 11) is 1.90. The van der Waals surface area contributed by atoms with E-state index in [1.165, 1.54) is 6.07 Å². The first-order chi connectivity index (χ1) is 14.7. The smallest absolute Gasteiger partial charge is 0.247 e. The lowest BCUT2D eigenvalue weighted by Crippen LogP contribution is -2.09. The second-order valence-electron chi connectivity index (χ2n) is 7.43. The van der Waals surface area contributed by atoms with E-state index in [4.69, 9.17) is 0 Å². The quantitative estimate of drug-likeness (QED) is 0.274. The van der Waals surface area contributed by atoms with E-state index in [1.807, 2.05) is 38.0 Å². The summed E-state index contributed by atoms with van der Waals surface area (Å²) in [5, 5.41) is 7.96. The Morgan fingerprint density at radius 2 is 1.97 bits per heavy atom. The Morgan fingerprint density at radius 3 is 2.61 bits per heavy atom. The maximum Gasteiger partial charge on any atom is 0.247 e. The van der Waals surface area contributed by atoms with Crippen LogP contribution >= 0.6 is 22.6 Å². The van der Waals surface area contributed by atoms with Crippen LogP contribution < -0.4 is 5.32 Å². The molecular weight excluding hydrogens is 508 g/mol. The average Bonchev–Trinajstić information content (AvgIpc) is 3.25. The van der Waals surface area contributed by atoms with Gasteiger partial charge in [0.25, 0.3) is 0 Å². The molecule has 0 aliphatic carbocycles. The fourth-order valence-electron chi connectivity index (χ4n) is 3.72. The number of H-pyrrole nitrogens is 1. The van der Waals surface area contributed by atoms with Gasteiger partial charge in [-0.25, -0.2) is 9.37 Å². The molecule has 6 nitrogen and oxygen atoms in total. The van der Waals surface area contributed by atoms with Crippen LogP contribution in [0, 0.1) is 30.3 Å². The second-order valence-corrected chi connectivity index (χ2v) is 8.50. The highest BCUT2D eigenvalue weighted by Crippen LogP contribution is 2.40. The molecule has 0 aliphatic heterocycles. The number of nitrogens with zero attached hydrogens (tertiary/aromatic N) is 3. The summed E-state index contributed by atoms with van der Waals surface area (Å²) in [5.74, 6) is -0.785. The van der Waals surface area contributed by atoms with Crippen molar-refractivity contribution in [3.8, 4) is 22.3 Å². The van der Waals surface area contributed by atoms with Crippen molar-refractivity contribution in [2.24, 2.45) is 7.05 Å². The number of aryl methyl sites for hydroxylation is 2. The molecule has 1 aromatic carbocycles. The maximum absolute atomic E-state index is 14.8. The zero-order valence-electron chi connectivity index (χ0n) is 17.6. The zero-order valence-corrected chi connectivity index (χ0v) is 19.8. The van der Waals surface area contributed by atoms with E-state index in [0.29, 0.717) is 16.8 Å². The highest BCUT2D eigenvalue weighted by Gasteiger charge is 2.21. The van der Waals surface area contributed by atoms with Crippen LogP contribution in [0.5, 0.6) is 0 Å². The predicted molar refractivity (Wildman–Crippen MR) is 129 cm³/mol. The topological polar surface area (TPSA) is 75.6 Å². The van der Waals surface area contributed by atoms with Gasteiger partial charge in [0.05, 0.1) is 9.90 Å². The molecule has 0 saturated heterocycles. The summed E-state index contributed by atoms with van der Waals surface area (Å²) in [6.45, 7) is 9.14. The first kappa shape index (κ1) is 21.2. The fourth-order valence-corrected chi connectivity index (χ4v) is 4.56. The molecule has 158 valence electrons. The number of hydrogen-bond donors (Lipinski definition) is 2. The van der Waals surface area contributed by atoms with Gasteiger partial charge in [-0.3, -0.25) is 9.48 Å². The van der Waals surface area contributed by atoms with Crippen LogP contribution in [0.4, 0.5) is 10.1 Å². The number of hydrogen-bond acceptors (Lipinski definition) is 3. The molecule has 4 aromatic rings. The van der Waals surface area contributed by atoms with E-state index in [1.54, 1.807) is 13.0 Å². The summed E-state index contributed by atoms with van der Waals surface area (Å²) in [4.78, 5) is 19.8. The number of nitrogens with one attached hydrogen (secondary N) is 2. The van der Waals surface area contributed by atoms with Gasteiger partial charge >= 0.3 is 0 Å². The van der Waals surface area contributed by atoms with Crippen LogP contribution in [0.15, 0.2) is 37.2 Å². The number of pyridine rings is 1. The van der Waals surface area contributed by atoms with E-state index in [-0.39, 0.29) is 5.91 Å². The Labute approximate surface area is 192 Å². The van der Waals surface area contributed by atoms with Gasteiger partial charge < -0.3 is 10.3 Å². The third-order valence-corrected chi connectivity index (χ3v) is 6.45. The summed E-state index contributed by atoms with van der Waals surface area (Å²) < 4.78 is 17.5. The first-order valence-electron chi connectivity index (χ1n) is 9.62. The van der Waals surface area contributed by atoms with E-state index in [0.717, 1.165) is 48.8 Å². The number of benzene rings is 1. The maximum atomic E-state index is 14.8. The summed E-state index contributed by atoms with van der Waals surface area (Å²) >= 11 is 2.20. The fraction of sp³-hybridized carbons (Fsp3) is 0.174. The summed E-state index contributed by atoms with van der Waals surface area (Å²) in [5.41, 5.74) is 7.04. The molecule has 0 bridgehead atoms. The molecule has 8 heteroatoms. The molecule has 0 spiro atoms. The minimum atomic E-state index is -0.396. The summed E-state index contributed by atoms with van der Waals surface area (Å²) in [6, 6.07) is 3.27. The summed E-state index contributed by atoms with van der Waals surface area (Å²) in [6.07, 6.45) is 4.83. The van der Waals surface area contributed by atoms with Gasteiger partial charge in [0, 0.05) is 52.3 Å². The molecule has 1 amide bonds. The molecule has 0 fully saturated rings. The van der Waals surface area contributed by atoms with E-state index >= 15 is 0 Å². The highest BCUT2D eigenvalue weighted by molar-refractivity contribution is 14.1. The van der Waals surface area contributed by atoms with Crippen LogP contribution in [0.25, 0.3) is 33.3 Å². The molecule has 3 aromatic heterocycles.